The third-order valence-electron chi connectivity index (χ3n) is 1.61. The highest BCUT2D eigenvalue weighted by molar-refractivity contribution is 7.91. The molecule has 120 valence electrons. The van der Waals surface area contributed by atoms with E-state index in [4.69, 9.17) is 6.57 Å². The van der Waals surface area contributed by atoms with Gasteiger partial charge in [-0.25, -0.2) is 15.0 Å². The summed E-state index contributed by atoms with van der Waals surface area (Å²) in [6, 6.07) is 6.49. The third-order valence-corrected chi connectivity index (χ3v) is 3.07. The van der Waals surface area contributed by atoms with Gasteiger partial charge in [0.15, 0.2) is 0 Å². The molecule has 1 aromatic carbocycles. The molecule has 0 aliphatic heterocycles. The molecule has 0 saturated carbocycles. The van der Waals surface area contributed by atoms with Crippen LogP contribution in [0.2, 0.25) is 0 Å². The van der Waals surface area contributed by atoms with Crippen molar-refractivity contribution in [3.63, 3.8) is 0 Å². The van der Waals surface area contributed by atoms with Gasteiger partial charge >= 0.3 is 5.88 Å². The van der Waals surface area contributed by atoms with Crippen LogP contribution >= 0.6 is 0 Å². The van der Waals surface area contributed by atoms with Crippen molar-refractivity contribution >= 4 is 31.4 Å². The van der Waals surface area contributed by atoms with Crippen LogP contribution in [0.4, 0.5) is 0 Å². The van der Waals surface area contributed by atoms with Crippen LogP contribution in [0.1, 0.15) is 5.56 Å². The van der Waals surface area contributed by atoms with Gasteiger partial charge in [-0.3, -0.25) is 13.3 Å². The Hall–Kier alpha value is -1.04. The lowest BCUT2D eigenvalue weighted by Gasteiger charge is -1.97. The third kappa shape index (κ3) is 15.2. The number of sulfone groups is 1. The first-order valence-electron chi connectivity index (χ1n) is 5.65. The Labute approximate surface area is 132 Å². The molecule has 0 aliphatic carbocycles. The monoisotopic (exact) mass is 351 g/mol. The molecule has 0 bridgehead atoms. The zero-order chi connectivity index (χ0) is 17.1. The standard InChI is InChI=1S/C9H9NO2S.2C2H6OS/c1-8-3-5-9(6-4-8)13(11,12)7-10-2;2*1-4(2)3/h3-6H,7H2,1H3;2*1-2H3. The second-order valence-corrected chi connectivity index (χ2v) is 9.12. The first-order chi connectivity index (χ1) is 9.52. The number of aryl methyl sites for hydroxylation is 1. The summed E-state index contributed by atoms with van der Waals surface area (Å²) in [5, 5.41) is 0. The Kier molecular flexibility index (Phi) is 12.3. The van der Waals surface area contributed by atoms with Crippen molar-refractivity contribution in [2.24, 2.45) is 0 Å². The van der Waals surface area contributed by atoms with E-state index >= 15 is 0 Å². The first kappa shape index (κ1) is 22.2. The van der Waals surface area contributed by atoms with Crippen LogP contribution in [0.3, 0.4) is 0 Å². The highest BCUT2D eigenvalue weighted by Crippen LogP contribution is 2.11. The summed E-state index contributed by atoms with van der Waals surface area (Å²) in [4.78, 5) is 3.08. The molecule has 0 saturated heterocycles. The molecular weight excluding hydrogens is 330 g/mol. The van der Waals surface area contributed by atoms with Crippen molar-refractivity contribution in [3.05, 3.63) is 41.2 Å². The molecule has 0 aromatic heterocycles. The minimum absolute atomic E-state index is 0.217. The minimum atomic E-state index is -3.38. The van der Waals surface area contributed by atoms with Crippen molar-refractivity contribution < 1.29 is 16.8 Å². The second-order valence-electron chi connectivity index (χ2n) is 4.20. The van der Waals surface area contributed by atoms with E-state index in [0.29, 0.717) is 0 Å². The van der Waals surface area contributed by atoms with Gasteiger partial charge in [-0.2, -0.15) is 0 Å². The van der Waals surface area contributed by atoms with Crippen LogP contribution in [-0.4, -0.2) is 47.7 Å². The molecule has 0 atom stereocenters. The van der Waals surface area contributed by atoms with Crippen molar-refractivity contribution in [3.8, 4) is 0 Å². The molecule has 0 N–H and O–H groups in total. The largest absolute Gasteiger partial charge is 0.316 e. The fourth-order valence-corrected chi connectivity index (χ4v) is 1.77. The van der Waals surface area contributed by atoms with E-state index in [2.05, 4.69) is 4.85 Å². The minimum Gasteiger partial charge on any atom is -0.299 e. The highest BCUT2D eigenvalue weighted by Gasteiger charge is 2.16. The van der Waals surface area contributed by atoms with Gasteiger partial charge in [0.25, 0.3) is 9.84 Å². The van der Waals surface area contributed by atoms with Crippen molar-refractivity contribution in [1.29, 1.82) is 0 Å². The molecule has 1 rings (SSSR count). The molecule has 0 radical (unpaired) electrons. The molecule has 8 heteroatoms. The van der Waals surface area contributed by atoms with E-state index in [1.165, 1.54) is 12.1 Å². The summed E-state index contributed by atoms with van der Waals surface area (Å²) in [5.41, 5.74) is 1.00. The summed E-state index contributed by atoms with van der Waals surface area (Å²) in [5.74, 6) is -0.476. The van der Waals surface area contributed by atoms with E-state index in [9.17, 15) is 16.8 Å². The van der Waals surface area contributed by atoms with Gasteiger partial charge in [-0.15, -0.1) is 0 Å². The van der Waals surface area contributed by atoms with Crippen molar-refractivity contribution in [2.75, 3.05) is 30.9 Å². The van der Waals surface area contributed by atoms with Crippen LogP contribution in [0, 0.1) is 13.5 Å². The SMILES string of the molecule is CS(C)=O.CS(C)=O.[C-]#[N+]CS(=O)(=O)c1ccc(C)cc1. The summed E-state index contributed by atoms with van der Waals surface area (Å²) < 4.78 is 41.8. The molecule has 0 unspecified atom stereocenters. The van der Waals surface area contributed by atoms with E-state index in [-0.39, 0.29) is 4.90 Å². The second kappa shape index (κ2) is 11.6. The number of hydrogen-bond acceptors (Lipinski definition) is 4. The molecule has 0 fully saturated rings. The Morgan fingerprint density at radius 1 is 1.00 bits per heavy atom. The molecule has 0 heterocycles. The Morgan fingerprint density at radius 2 is 1.33 bits per heavy atom. The van der Waals surface area contributed by atoms with Gasteiger partial charge in [0.1, 0.15) is 0 Å². The van der Waals surface area contributed by atoms with Gasteiger partial charge < -0.3 is 0 Å². The average molecular weight is 352 g/mol. The zero-order valence-corrected chi connectivity index (χ0v) is 15.3. The van der Waals surface area contributed by atoms with E-state index < -0.39 is 37.3 Å². The lowest BCUT2D eigenvalue weighted by molar-refractivity contribution is 0.599. The first-order valence-corrected chi connectivity index (χ1v) is 11.2. The Morgan fingerprint density at radius 3 is 1.62 bits per heavy atom. The molecule has 0 spiro atoms. The molecule has 21 heavy (non-hydrogen) atoms. The van der Waals surface area contributed by atoms with Crippen molar-refractivity contribution in [2.45, 2.75) is 11.8 Å². The van der Waals surface area contributed by atoms with E-state index in [0.717, 1.165) is 5.56 Å². The van der Waals surface area contributed by atoms with Crippen LogP contribution in [-0.2, 0) is 31.4 Å². The molecular formula is C13H21NO4S3. The number of nitrogens with zero attached hydrogens (tertiary/aromatic N) is 1. The predicted molar refractivity (Wildman–Crippen MR) is 89.8 cm³/mol. The Balaban J connectivity index is 0. The van der Waals surface area contributed by atoms with Gasteiger partial charge in [-0.05, 0) is 19.1 Å². The maximum atomic E-state index is 11.3. The maximum Gasteiger partial charge on any atom is 0.316 e. The number of benzene rings is 1. The molecule has 1 aromatic rings. The van der Waals surface area contributed by atoms with Crippen LogP contribution < -0.4 is 0 Å². The van der Waals surface area contributed by atoms with Gasteiger partial charge in [0.2, 0.25) is 0 Å². The fourth-order valence-electron chi connectivity index (χ4n) is 0.905. The lowest BCUT2D eigenvalue weighted by atomic mass is 10.2. The molecule has 5 nitrogen and oxygen atoms in total. The topological polar surface area (TPSA) is 72.6 Å². The average Bonchev–Trinajstić information content (AvgIpc) is 2.27. The number of hydrogen-bond donors (Lipinski definition) is 0. The summed E-state index contributed by atoms with van der Waals surface area (Å²) in [7, 11) is -4.60. The van der Waals surface area contributed by atoms with Gasteiger partial charge in [0, 0.05) is 46.6 Å². The maximum absolute atomic E-state index is 11.3. The smallest absolute Gasteiger partial charge is 0.299 e. The molecule has 0 aliphatic rings. The summed E-state index contributed by atoms with van der Waals surface area (Å²) in [6.07, 6.45) is 6.56. The van der Waals surface area contributed by atoms with Crippen LogP contribution in [0.5, 0.6) is 0 Å². The number of rotatable bonds is 2. The van der Waals surface area contributed by atoms with Gasteiger partial charge in [-0.1, -0.05) is 17.7 Å². The summed E-state index contributed by atoms with van der Waals surface area (Å²) >= 11 is 0. The molecule has 0 amide bonds. The fraction of sp³-hybridized carbons (Fsp3) is 0.462. The van der Waals surface area contributed by atoms with Crippen LogP contribution in [0.25, 0.3) is 4.85 Å². The Bertz CT molecular complexity index is 581. The predicted octanol–water partition coefficient (Wildman–Crippen LogP) is 1.63. The quantitative estimate of drug-likeness (QED) is 0.759. The van der Waals surface area contributed by atoms with Crippen LogP contribution in [0.15, 0.2) is 29.2 Å². The summed E-state index contributed by atoms with van der Waals surface area (Å²) in [6.45, 7) is 8.38. The van der Waals surface area contributed by atoms with E-state index in [1.54, 1.807) is 37.2 Å². The van der Waals surface area contributed by atoms with Gasteiger partial charge in [0.05, 0.1) is 4.90 Å². The zero-order valence-electron chi connectivity index (χ0n) is 12.8. The van der Waals surface area contributed by atoms with E-state index in [1.807, 2.05) is 6.92 Å². The lowest BCUT2D eigenvalue weighted by Crippen LogP contribution is -2.02. The normalized spacial score (nSPS) is 10.0. The van der Waals surface area contributed by atoms with Crippen molar-refractivity contribution in [1.82, 2.24) is 0 Å². The highest BCUT2D eigenvalue weighted by atomic mass is 32.2.